The van der Waals surface area contributed by atoms with E-state index in [2.05, 4.69) is 6.08 Å². The van der Waals surface area contributed by atoms with Crippen molar-refractivity contribution in [3.8, 4) is 5.75 Å². The molecular weight excluding hydrogens is 228 g/mol. The van der Waals surface area contributed by atoms with Crippen LogP contribution in [-0.2, 0) is 4.79 Å². The fourth-order valence-electron chi connectivity index (χ4n) is 2.57. The van der Waals surface area contributed by atoms with Crippen LogP contribution in [0, 0.1) is 11.8 Å². The van der Waals surface area contributed by atoms with Crippen LogP contribution in [0.15, 0.2) is 30.3 Å². The summed E-state index contributed by atoms with van der Waals surface area (Å²) in [6, 6.07) is 7.88. The second-order valence-corrected chi connectivity index (χ2v) is 4.73. The number of carboxylic acids is 1. The summed E-state index contributed by atoms with van der Waals surface area (Å²) in [5.41, 5.74) is 2.27. The van der Waals surface area contributed by atoms with Crippen LogP contribution in [0.1, 0.15) is 25.3 Å². The van der Waals surface area contributed by atoms with E-state index in [1.54, 1.807) is 7.11 Å². The lowest BCUT2D eigenvalue weighted by Crippen LogP contribution is -2.23. The molecule has 3 heteroatoms. The first kappa shape index (κ1) is 12.7. The molecule has 0 unspecified atom stereocenters. The van der Waals surface area contributed by atoms with Crippen LogP contribution in [0.5, 0.6) is 5.75 Å². The van der Waals surface area contributed by atoms with Gasteiger partial charge in [0.1, 0.15) is 5.75 Å². The molecule has 0 aromatic heterocycles. The van der Waals surface area contributed by atoms with E-state index >= 15 is 0 Å². The lowest BCUT2D eigenvalue weighted by molar-refractivity contribution is -0.143. The Labute approximate surface area is 107 Å². The first-order valence-electron chi connectivity index (χ1n) is 6.20. The zero-order valence-corrected chi connectivity index (χ0v) is 10.7. The van der Waals surface area contributed by atoms with Crippen molar-refractivity contribution < 1.29 is 14.6 Å². The van der Waals surface area contributed by atoms with Crippen molar-refractivity contribution in [3.05, 3.63) is 35.9 Å². The third kappa shape index (κ3) is 2.40. The van der Waals surface area contributed by atoms with Crippen molar-refractivity contribution in [1.29, 1.82) is 0 Å². The van der Waals surface area contributed by atoms with Crippen molar-refractivity contribution in [1.82, 2.24) is 0 Å². The highest BCUT2D eigenvalue weighted by molar-refractivity contribution is 5.76. The van der Waals surface area contributed by atoms with Gasteiger partial charge in [0, 0.05) is 5.56 Å². The van der Waals surface area contributed by atoms with E-state index in [9.17, 15) is 4.79 Å². The molecule has 0 aliphatic heterocycles. The number of hydrogen-bond donors (Lipinski definition) is 1. The molecule has 0 radical (unpaired) electrons. The summed E-state index contributed by atoms with van der Waals surface area (Å²) in [4.78, 5) is 11.1. The summed E-state index contributed by atoms with van der Waals surface area (Å²) in [5, 5.41) is 9.11. The van der Waals surface area contributed by atoms with Gasteiger partial charge in [-0.25, -0.2) is 0 Å². The van der Waals surface area contributed by atoms with Crippen LogP contribution in [0.3, 0.4) is 0 Å². The molecule has 1 N–H and O–H groups in total. The first-order valence-corrected chi connectivity index (χ1v) is 6.20. The molecule has 2 atom stereocenters. The maximum absolute atomic E-state index is 11.1. The minimum atomic E-state index is -0.696. The molecule has 0 bridgehead atoms. The van der Waals surface area contributed by atoms with E-state index in [0.717, 1.165) is 17.7 Å². The molecule has 0 amide bonds. The second kappa shape index (κ2) is 5.25. The van der Waals surface area contributed by atoms with Crippen molar-refractivity contribution in [2.75, 3.05) is 7.11 Å². The predicted octanol–water partition coefficient (Wildman–Crippen LogP) is 3.21. The Balaban J connectivity index is 2.30. The highest BCUT2D eigenvalue weighted by Gasteiger charge is 2.28. The summed E-state index contributed by atoms with van der Waals surface area (Å²) in [6.45, 7) is 1.97. The quantitative estimate of drug-likeness (QED) is 0.890. The molecule has 3 nitrogen and oxygen atoms in total. The van der Waals surface area contributed by atoms with Crippen molar-refractivity contribution >= 4 is 11.5 Å². The molecule has 1 aromatic carbocycles. The molecule has 1 aromatic rings. The summed E-state index contributed by atoms with van der Waals surface area (Å²) in [5.74, 6) is -0.0397. The highest BCUT2D eigenvalue weighted by atomic mass is 16.5. The maximum atomic E-state index is 11.1. The summed E-state index contributed by atoms with van der Waals surface area (Å²) >= 11 is 0. The average molecular weight is 246 g/mol. The number of carboxylic acid groups (broad SMARTS) is 1. The molecule has 0 heterocycles. The molecular formula is C15H18O3. The first-order chi connectivity index (χ1) is 8.63. The van der Waals surface area contributed by atoms with E-state index in [4.69, 9.17) is 9.84 Å². The van der Waals surface area contributed by atoms with Gasteiger partial charge in [-0.15, -0.1) is 0 Å². The molecule has 0 saturated heterocycles. The number of hydrogen-bond acceptors (Lipinski definition) is 2. The van der Waals surface area contributed by atoms with E-state index in [-0.39, 0.29) is 11.8 Å². The topological polar surface area (TPSA) is 46.5 Å². The van der Waals surface area contributed by atoms with Gasteiger partial charge in [0.05, 0.1) is 13.0 Å². The number of ether oxygens (including phenoxy) is 1. The van der Waals surface area contributed by atoms with Crippen molar-refractivity contribution in [2.45, 2.75) is 19.8 Å². The van der Waals surface area contributed by atoms with Crippen LogP contribution < -0.4 is 4.74 Å². The Morgan fingerprint density at radius 1 is 1.39 bits per heavy atom. The number of para-hydroxylation sites is 1. The van der Waals surface area contributed by atoms with Crippen LogP contribution in [-0.4, -0.2) is 18.2 Å². The van der Waals surface area contributed by atoms with E-state index < -0.39 is 5.97 Å². The molecule has 18 heavy (non-hydrogen) atoms. The zero-order valence-electron chi connectivity index (χ0n) is 10.7. The lowest BCUT2D eigenvalue weighted by atomic mass is 9.80. The van der Waals surface area contributed by atoms with E-state index in [1.807, 2.05) is 31.2 Å². The Morgan fingerprint density at radius 2 is 2.11 bits per heavy atom. The largest absolute Gasteiger partial charge is 0.496 e. The predicted molar refractivity (Wildman–Crippen MR) is 70.5 cm³/mol. The van der Waals surface area contributed by atoms with Crippen LogP contribution in [0.4, 0.5) is 0 Å². The molecule has 1 aliphatic rings. The summed E-state index contributed by atoms with van der Waals surface area (Å²) < 4.78 is 5.35. The Hall–Kier alpha value is -1.77. The second-order valence-electron chi connectivity index (χ2n) is 4.73. The molecule has 96 valence electrons. The number of aliphatic carboxylic acids is 1. The van der Waals surface area contributed by atoms with Crippen LogP contribution >= 0.6 is 0 Å². The normalized spacial score (nSPS) is 23.3. The van der Waals surface area contributed by atoms with Gasteiger partial charge < -0.3 is 9.84 Å². The van der Waals surface area contributed by atoms with Gasteiger partial charge in [0.25, 0.3) is 0 Å². The monoisotopic (exact) mass is 246 g/mol. The number of benzene rings is 1. The highest BCUT2D eigenvalue weighted by Crippen LogP contribution is 2.37. The zero-order chi connectivity index (χ0) is 13.1. The lowest BCUT2D eigenvalue weighted by Gasteiger charge is -2.25. The Bertz CT molecular complexity index is 476. The third-order valence-electron chi connectivity index (χ3n) is 3.59. The Morgan fingerprint density at radius 3 is 2.72 bits per heavy atom. The number of rotatable bonds is 3. The Kier molecular flexibility index (Phi) is 3.70. The van der Waals surface area contributed by atoms with Gasteiger partial charge in [0.15, 0.2) is 0 Å². The van der Waals surface area contributed by atoms with Crippen LogP contribution in [0.25, 0.3) is 5.57 Å². The minimum Gasteiger partial charge on any atom is -0.496 e. The fourth-order valence-corrected chi connectivity index (χ4v) is 2.57. The number of carbonyl (C=O) groups is 1. The molecule has 1 aliphatic carbocycles. The third-order valence-corrected chi connectivity index (χ3v) is 3.59. The summed E-state index contributed by atoms with van der Waals surface area (Å²) in [6.07, 6.45) is 3.56. The van der Waals surface area contributed by atoms with Gasteiger partial charge in [-0.2, -0.15) is 0 Å². The number of allylic oxidation sites excluding steroid dienone is 2. The van der Waals surface area contributed by atoms with Gasteiger partial charge in [-0.3, -0.25) is 4.79 Å². The van der Waals surface area contributed by atoms with Gasteiger partial charge >= 0.3 is 5.97 Å². The van der Waals surface area contributed by atoms with Gasteiger partial charge in [0.2, 0.25) is 0 Å². The smallest absolute Gasteiger partial charge is 0.307 e. The minimum absolute atomic E-state index is 0.0659. The van der Waals surface area contributed by atoms with Crippen molar-refractivity contribution in [2.24, 2.45) is 11.8 Å². The SMILES string of the molecule is COc1ccccc1C1=C[C@H](C)[C@H](C(=O)O)CC1. The standard InChI is InChI=1S/C15H18O3/c1-10-9-11(7-8-12(10)15(16)17)13-5-3-4-6-14(13)18-2/h3-6,9-10,12H,7-8H2,1-2H3,(H,16,17)/t10-,12+/m0/s1. The van der Waals surface area contributed by atoms with Crippen LogP contribution in [0.2, 0.25) is 0 Å². The van der Waals surface area contributed by atoms with Gasteiger partial charge in [-0.1, -0.05) is 31.2 Å². The van der Waals surface area contributed by atoms with E-state index in [1.165, 1.54) is 5.57 Å². The summed E-state index contributed by atoms with van der Waals surface area (Å²) in [7, 11) is 1.66. The molecule has 0 fully saturated rings. The molecule has 2 rings (SSSR count). The number of methoxy groups -OCH3 is 1. The average Bonchev–Trinajstić information content (AvgIpc) is 2.38. The molecule has 0 saturated carbocycles. The maximum Gasteiger partial charge on any atom is 0.307 e. The van der Waals surface area contributed by atoms with Gasteiger partial charge in [-0.05, 0) is 30.4 Å². The molecule has 0 spiro atoms. The van der Waals surface area contributed by atoms with Crippen molar-refractivity contribution in [3.63, 3.8) is 0 Å². The fraction of sp³-hybridized carbons (Fsp3) is 0.400. The van der Waals surface area contributed by atoms with E-state index in [0.29, 0.717) is 6.42 Å².